The molecule has 2 aromatic rings. The van der Waals surface area contributed by atoms with Gasteiger partial charge in [-0.15, -0.1) is 0 Å². The van der Waals surface area contributed by atoms with Crippen LogP contribution >= 0.6 is 0 Å². The minimum atomic E-state index is 0.00280. The first kappa shape index (κ1) is 14.2. The molecule has 0 N–H and O–H groups in total. The van der Waals surface area contributed by atoms with Gasteiger partial charge in [0.1, 0.15) is 17.4 Å². The number of nitrogens with zero attached hydrogens (tertiary/aromatic N) is 2. The van der Waals surface area contributed by atoms with Crippen molar-refractivity contribution < 1.29 is 9.47 Å². The van der Waals surface area contributed by atoms with Gasteiger partial charge in [0.05, 0.1) is 18.7 Å². The highest BCUT2D eigenvalue weighted by Gasteiger charge is 2.20. The predicted molar refractivity (Wildman–Crippen MR) is 82.0 cm³/mol. The van der Waals surface area contributed by atoms with Crippen LogP contribution < -0.4 is 10.4 Å². The van der Waals surface area contributed by atoms with Crippen molar-refractivity contribution in [3.05, 3.63) is 28.7 Å². The molecule has 1 saturated heterocycles. The Morgan fingerprint density at radius 1 is 1.29 bits per heavy atom. The summed E-state index contributed by atoms with van der Waals surface area (Å²) < 4.78 is 15.0. The van der Waals surface area contributed by atoms with E-state index in [1.807, 2.05) is 36.6 Å². The van der Waals surface area contributed by atoms with Gasteiger partial charge in [-0.2, -0.15) is 0 Å². The van der Waals surface area contributed by atoms with Crippen LogP contribution in [0.1, 0.15) is 32.7 Å². The van der Waals surface area contributed by atoms with Crippen LogP contribution in [0.15, 0.2) is 23.0 Å². The number of fused-ring (bicyclic) bond motifs is 1. The third-order valence-corrected chi connectivity index (χ3v) is 4.04. The number of aryl methyl sites for hydroxylation is 1. The normalized spacial score (nSPS) is 16.8. The van der Waals surface area contributed by atoms with Crippen LogP contribution in [0.5, 0.6) is 5.75 Å². The van der Waals surface area contributed by atoms with Gasteiger partial charge in [0.25, 0.3) is 0 Å². The molecule has 1 fully saturated rings. The molecule has 0 aliphatic carbocycles. The summed E-state index contributed by atoms with van der Waals surface area (Å²) in [5.41, 5.74) is 1.81. The molecule has 5 nitrogen and oxygen atoms in total. The number of imidazole rings is 1. The second-order valence-corrected chi connectivity index (χ2v) is 5.86. The van der Waals surface area contributed by atoms with Crippen LogP contribution in [0, 0.1) is 0 Å². The molecule has 114 valence electrons. The van der Waals surface area contributed by atoms with Gasteiger partial charge in [0.15, 0.2) is 0 Å². The molecule has 0 saturated carbocycles. The van der Waals surface area contributed by atoms with Crippen molar-refractivity contribution in [2.45, 2.75) is 38.8 Å². The van der Waals surface area contributed by atoms with Gasteiger partial charge >= 0.3 is 5.69 Å². The van der Waals surface area contributed by atoms with Crippen LogP contribution in [0.25, 0.3) is 11.0 Å². The second kappa shape index (κ2) is 5.56. The van der Waals surface area contributed by atoms with Crippen molar-refractivity contribution in [1.29, 1.82) is 0 Å². The van der Waals surface area contributed by atoms with Crippen molar-refractivity contribution >= 4 is 11.0 Å². The average molecular weight is 290 g/mol. The smallest absolute Gasteiger partial charge is 0.329 e. The van der Waals surface area contributed by atoms with Crippen molar-refractivity contribution in [3.63, 3.8) is 0 Å². The zero-order chi connectivity index (χ0) is 15.0. The number of rotatable bonds is 3. The Bertz CT molecular complexity index is 693. The molecule has 3 rings (SSSR count). The van der Waals surface area contributed by atoms with E-state index in [0.717, 1.165) is 42.8 Å². The topological polar surface area (TPSA) is 45.4 Å². The van der Waals surface area contributed by atoms with Gasteiger partial charge in [0, 0.05) is 25.9 Å². The van der Waals surface area contributed by atoms with Crippen molar-refractivity contribution in [1.82, 2.24) is 9.13 Å². The van der Waals surface area contributed by atoms with Crippen LogP contribution in [0.3, 0.4) is 0 Å². The lowest BCUT2D eigenvalue weighted by molar-refractivity contribution is 0.0260. The maximum atomic E-state index is 12.4. The largest absolute Gasteiger partial charge is 0.488 e. The summed E-state index contributed by atoms with van der Waals surface area (Å²) in [6.45, 7) is 5.53. The monoisotopic (exact) mass is 290 g/mol. The van der Waals surface area contributed by atoms with Gasteiger partial charge in [-0.1, -0.05) is 6.07 Å². The molecular formula is C16H22N2O3. The van der Waals surface area contributed by atoms with E-state index in [1.54, 1.807) is 11.6 Å². The molecule has 0 radical (unpaired) electrons. The SMILES string of the molecule is CC(C)n1c(=O)n(C)c2c(OC3CCOCC3)cccc21. The van der Waals surface area contributed by atoms with Gasteiger partial charge in [-0.05, 0) is 26.0 Å². The number of aromatic nitrogens is 2. The molecule has 1 aliphatic rings. The van der Waals surface area contributed by atoms with Gasteiger partial charge < -0.3 is 9.47 Å². The second-order valence-electron chi connectivity index (χ2n) is 5.86. The third-order valence-electron chi connectivity index (χ3n) is 4.04. The Morgan fingerprint density at radius 3 is 2.67 bits per heavy atom. The summed E-state index contributed by atoms with van der Waals surface area (Å²) in [5.74, 6) is 0.790. The summed E-state index contributed by atoms with van der Waals surface area (Å²) >= 11 is 0. The number of hydrogen-bond acceptors (Lipinski definition) is 3. The zero-order valence-corrected chi connectivity index (χ0v) is 12.8. The summed E-state index contributed by atoms with van der Waals surface area (Å²) in [6.07, 6.45) is 1.96. The molecule has 1 aliphatic heterocycles. The van der Waals surface area contributed by atoms with E-state index in [2.05, 4.69) is 0 Å². The molecule has 0 atom stereocenters. The zero-order valence-electron chi connectivity index (χ0n) is 12.8. The van der Waals surface area contributed by atoms with Crippen molar-refractivity contribution in [2.75, 3.05) is 13.2 Å². The first-order valence-corrected chi connectivity index (χ1v) is 7.54. The van der Waals surface area contributed by atoms with E-state index >= 15 is 0 Å². The Morgan fingerprint density at radius 2 is 2.00 bits per heavy atom. The summed E-state index contributed by atoms with van der Waals surface area (Å²) in [6, 6.07) is 6.00. The Hall–Kier alpha value is -1.75. The highest BCUT2D eigenvalue weighted by atomic mass is 16.5. The lowest BCUT2D eigenvalue weighted by atomic mass is 10.1. The number of hydrogen-bond donors (Lipinski definition) is 0. The number of benzene rings is 1. The number of para-hydroxylation sites is 1. The van der Waals surface area contributed by atoms with Crippen molar-refractivity contribution in [2.24, 2.45) is 7.05 Å². The van der Waals surface area contributed by atoms with Crippen molar-refractivity contribution in [3.8, 4) is 5.75 Å². The predicted octanol–water partition coefficient (Wildman–Crippen LogP) is 2.48. The fraction of sp³-hybridized carbons (Fsp3) is 0.562. The fourth-order valence-electron chi connectivity index (χ4n) is 2.97. The lowest BCUT2D eigenvalue weighted by Crippen LogP contribution is -2.26. The van der Waals surface area contributed by atoms with E-state index in [9.17, 15) is 4.79 Å². The maximum absolute atomic E-state index is 12.4. The third kappa shape index (κ3) is 2.46. The fourth-order valence-corrected chi connectivity index (χ4v) is 2.97. The first-order chi connectivity index (χ1) is 10.1. The van der Waals surface area contributed by atoms with Crippen LogP contribution in [0.2, 0.25) is 0 Å². The minimum Gasteiger partial charge on any atom is -0.488 e. The van der Waals surface area contributed by atoms with E-state index in [1.165, 1.54) is 0 Å². The quantitative estimate of drug-likeness (QED) is 0.872. The lowest BCUT2D eigenvalue weighted by Gasteiger charge is -2.23. The maximum Gasteiger partial charge on any atom is 0.329 e. The molecule has 1 aromatic heterocycles. The minimum absolute atomic E-state index is 0.00280. The highest BCUT2D eigenvalue weighted by molar-refractivity contribution is 5.82. The Labute approximate surface area is 124 Å². The van der Waals surface area contributed by atoms with Crippen LogP contribution in [-0.2, 0) is 11.8 Å². The van der Waals surface area contributed by atoms with Gasteiger partial charge in [-0.3, -0.25) is 9.13 Å². The Kier molecular flexibility index (Phi) is 3.76. The molecule has 0 unspecified atom stereocenters. The molecule has 0 spiro atoms. The molecule has 21 heavy (non-hydrogen) atoms. The summed E-state index contributed by atoms with van der Waals surface area (Å²) in [7, 11) is 1.81. The average Bonchev–Trinajstić information content (AvgIpc) is 2.73. The summed E-state index contributed by atoms with van der Waals surface area (Å²) in [5, 5.41) is 0. The molecule has 0 bridgehead atoms. The van der Waals surface area contributed by atoms with Gasteiger partial charge in [-0.25, -0.2) is 4.79 Å². The van der Waals surface area contributed by atoms with Gasteiger partial charge in [0.2, 0.25) is 0 Å². The van der Waals surface area contributed by atoms with Crippen LogP contribution in [-0.4, -0.2) is 28.5 Å². The summed E-state index contributed by atoms with van der Waals surface area (Å²) in [4.78, 5) is 12.4. The van der Waals surface area contributed by atoms with E-state index in [0.29, 0.717) is 0 Å². The molecule has 1 aromatic carbocycles. The van der Waals surface area contributed by atoms with E-state index < -0.39 is 0 Å². The standard InChI is InChI=1S/C16H22N2O3/c1-11(2)18-13-5-4-6-14(15(13)17(3)16(18)19)21-12-7-9-20-10-8-12/h4-6,11-12H,7-10H2,1-3H3. The molecule has 2 heterocycles. The Balaban J connectivity index is 2.07. The molecule has 0 amide bonds. The van der Waals surface area contributed by atoms with E-state index in [4.69, 9.17) is 9.47 Å². The van der Waals surface area contributed by atoms with Crippen LogP contribution in [0.4, 0.5) is 0 Å². The highest BCUT2D eigenvalue weighted by Crippen LogP contribution is 2.28. The van der Waals surface area contributed by atoms with E-state index in [-0.39, 0.29) is 17.8 Å². The molecular weight excluding hydrogens is 268 g/mol. The number of ether oxygens (including phenoxy) is 2. The first-order valence-electron chi connectivity index (χ1n) is 7.54. The molecule has 5 heteroatoms.